The fourth-order valence-corrected chi connectivity index (χ4v) is 4.07. The Morgan fingerprint density at radius 2 is 2.11 bits per heavy atom. The fraction of sp³-hybridized carbons (Fsp3) is 0.421. The minimum Gasteiger partial charge on any atom is -0.493 e. The van der Waals surface area contributed by atoms with Gasteiger partial charge in [0.05, 0.1) is 18.6 Å². The van der Waals surface area contributed by atoms with Gasteiger partial charge in [-0.3, -0.25) is 9.69 Å². The van der Waals surface area contributed by atoms with Gasteiger partial charge in [-0.25, -0.2) is 4.79 Å². The van der Waals surface area contributed by atoms with Gasteiger partial charge in [0.1, 0.15) is 10.4 Å². The molecule has 0 bridgehead atoms. The topological polar surface area (TPSA) is 76.1 Å². The standard InChI is InChI=1S/C19H23NO5S2/c1-4-6-7-13(18(22)23)20-17(21)16(27-19(20)26)11-12-8-9-14(25-5-2)15(10-12)24-3/h8-11,13H,4-7H2,1-3H3,(H,22,23)/b16-11-. The van der Waals surface area contributed by atoms with E-state index < -0.39 is 12.0 Å². The fourth-order valence-electron chi connectivity index (χ4n) is 2.71. The Bertz CT molecular complexity index is 762. The number of amides is 1. The van der Waals surface area contributed by atoms with Crippen molar-refractivity contribution in [3.8, 4) is 11.5 Å². The van der Waals surface area contributed by atoms with Crippen LogP contribution in [-0.4, -0.2) is 46.0 Å². The normalized spacial score (nSPS) is 16.7. The lowest BCUT2D eigenvalue weighted by atomic mass is 10.1. The van der Waals surface area contributed by atoms with Gasteiger partial charge in [-0.05, 0) is 37.1 Å². The van der Waals surface area contributed by atoms with Crippen molar-refractivity contribution in [2.75, 3.05) is 13.7 Å². The number of hydrogen-bond donors (Lipinski definition) is 1. The number of methoxy groups -OCH3 is 1. The average molecular weight is 410 g/mol. The lowest BCUT2D eigenvalue weighted by Crippen LogP contribution is -2.43. The van der Waals surface area contributed by atoms with Gasteiger partial charge in [0, 0.05) is 0 Å². The highest BCUT2D eigenvalue weighted by Crippen LogP contribution is 2.36. The third-order valence-corrected chi connectivity index (χ3v) is 5.37. The van der Waals surface area contributed by atoms with Crippen LogP contribution in [0.2, 0.25) is 0 Å². The highest BCUT2D eigenvalue weighted by molar-refractivity contribution is 8.26. The van der Waals surface area contributed by atoms with Crippen LogP contribution < -0.4 is 9.47 Å². The molecule has 1 amide bonds. The summed E-state index contributed by atoms with van der Waals surface area (Å²) in [5.41, 5.74) is 0.747. The lowest BCUT2D eigenvalue weighted by Gasteiger charge is -2.22. The molecule has 1 atom stereocenters. The first kappa shape index (κ1) is 21.2. The third-order valence-electron chi connectivity index (χ3n) is 4.04. The van der Waals surface area contributed by atoms with Gasteiger partial charge in [0.25, 0.3) is 5.91 Å². The second-order valence-electron chi connectivity index (χ2n) is 5.89. The van der Waals surface area contributed by atoms with Crippen LogP contribution in [0.3, 0.4) is 0 Å². The number of carboxylic acids is 1. The number of carboxylic acid groups (broad SMARTS) is 1. The Hall–Kier alpha value is -2.06. The van der Waals surface area contributed by atoms with E-state index in [0.717, 1.165) is 23.7 Å². The van der Waals surface area contributed by atoms with Crippen molar-refractivity contribution < 1.29 is 24.2 Å². The Balaban J connectivity index is 2.28. The molecule has 1 unspecified atom stereocenters. The third kappa shape index (κ3) is 5.01. The Labute approximate surface area is 168 Å². The van der Waals surface area contributed by atoms with E-state index in [4.69, 9.17) is 21.7 Å². The highest BCUT2D eigenvalue weighted by Gasteiger charge is 2.40. The van der Waals surface area contributed by atoms with Gasteiger partial charge < -0.3 is 14.6 Å². The molecule has 1 saturated heterocycles. The molecule has 0 saturated carbocycles. The summed E-state index contributed by atoms with van der Waals surface area (Å²) in [4.78, 5) is 26.0. The van der Waals surface area contributed by atoms with Crippen LogP contribution in [0.1, 0.15) is 38.7 Å². The molecule has 1 aromatic rings. The number of rotatable bonds is 9. The van der Waals surface area contributed by atoms with Crippen LogP contribution in [0.15, 0.2) is 23.1 Å². The number of thiocarbonyl (C=S) groups is 1. The number of unbranched alkanes of at least 4 members (excludes halogenated alkanes) is 1. The molecule has 146 valence electrons. The molecule has 1 aromatic carbocycles. The van der Waals surface area contributed by atoms with E-state index in [1.807, 2.05) is 19.9 Å². The minimum absolute atomic E-state index is 0.271. The van der Waals surface area contributed by atoms with E-state index in [2.05, 4.69) is 0 Å². The summed E-state index contributed by atoms with van der Waals surface area (Å²) < 4.78 is 11.1. The van der Waals surface area contributed by atoms with Gasteiger partial charge in [-0.1, -0.05) is 49.8 Å². The molecule has 6 nitrogen and oxygen atoms in total. The van der Waals surface area contributed by atoms with Gasteiger partial charge in [-0.15, -0.1) is 0 Å². The first-order valence-corrected chi connectivity index (χ1v) is 9.96. The van der Waals surface area contributed by atoms with Gasteiger partial charge in [0.2, 0.25) is 0 Å². The first-order chi connectivity index (χ1) is 12.9. The summed E-state index contributed by atoms with van der Waals surface area (Å²) in [6.45, 7) is 4.38. The summed E-state index contributed by atoms with van der Waals surface area (Å²) in [5.74, 6) is -0.229. The summed E-state index contributed by atoms with van der Waals surface area (Å²) in [6.07, 6.45) is 3.63. The smallest absolute Gasteiger partial charge is 0.326 e. The number of hydrogen-bond acceptors (Lipinski definition) is 6. The molecule has 0 spiro atoms. The second kappa shape index (κ2) is 9.75. The van der Waals surface area contributed by atoms with E-state index in [-0.39, 0.29) is 10.2 Å². The van der Waals surface area contributed by atoms with E-state index in [9.17, 15) is 14.7 Å². The van der Waals surface area contributed by atoms with E-state index in [0.29, 0.717) is 35.9 Å². The van der Waals surface area contributed by atoms with E-state index >= 15 is 0 Å². The summed E-state index contributed by atoms with van der Waals surface area (Å²) >= 11 is 6.40. The molecule has 1 N–H and O–H groups in total. The predicted molar refractivity (Wildman–Crippen MR) is 110 cm³/mol. The van der Waals surface area contributed by atoms with Gasteiger partial charge in [0.15, 0.2) is 11.5 Å². The van der Waals surface area contributed by atoms with Crippen molar-refractivity contribution in [3.05, 3.63) is 28.7 Å². The van der Waals surface area contributed by atoms with Crippen molar-refractivity contribution in [2.24, 2.45) is 0 Å². The maximum absolute atomic E-state index is 12.8. The van der Waals surface area contributed by atoms with Gasteiger partial charge >= 0.3 is 5.97 Å². The first-order valence-electron chi connectivity index (χ1n) is 8.73. The number of thioether (sulfide) groups is 1. The quantitative estimate of drug-likeness (QED) is 0.489. The van der Waals surface area contributed by atoms with Crippen LogP contribution in [0, 0.1) is 0 Å². The monoisotopic (exact) mass is 409 g/mol. The summed E-state index contributed by atoms with van der Waals surface area (Å²) in [6, 6.07) is 4.42. The molecule has 27 heavy (non-hydrogen) atoms. The Kier molecular flexibility index (Phi) is 7.67. The lowest BCUT2D eigenvalue weighted by molar-refractivity contribution is -0.145. The largest absolute Gasteiger partial charge is 0.493 e. The Morgan fingerprint density at radius 3 is 2.70 bits per heavy atom. The van der Waals surface area contributed by atoms with Crippen LogP contribution in [0.4, 0.5) is 0 Å². The molecule has 1 fully saturated rings. The molecular weight excluding hydrogens is 386 g/mol. The van der Waals surface area contributed by atoms with Crippen molar-refractivity contribution in [2.45, 2.75) is 39.2 Å². The van der Waals surface area contributed by atoms with Crippen molar-refractivity contribution in [1.29, 1.82) is 0 Å². The van der Waals surface area contributed by atoms with Gasteiger partial charge in [-0.2, -0.15) is 0 Å². The molecule has 0 aliphatic carbocycles. The maximum Gasteiger partial charge on any atom is 0.326 e. The van der Waals surface area contributed by atoms with Crippen LogP contribution in [0.5, 0.6) is 11.5 Å². The summed E-state index contributed by atoms with van der Waals surface area (Å²) in [7, 11) is 1.55. The van der Waals surface area contributed by atoms with E-state index in [1.54, 1.807) is 25.3 Å². The van der Waals surface area contributed by atoms with Crippen LogP contribution in [0.25, 0.3) is 6.08 Å². The Morgan fingerprint density at radius 1 is 1.37 bits per heavy atom. The number of nitrogens with zero attached hydrogens (tertiary/aromatic N) is 1. The number of ether oxygens (including phenoxy) is 2. The molecule has 0 aromatic heterocycles. The highest BCUT2D eigenvalue weighted by atomic mass is 32.2. The molecular formula is C19H23NO5S2. The molecule has 1 aliphatic rings. The van der Waals surface area contributed by atoms with Crippen molar-refractivity contribution in [3.63, 3.8) is 0 Å². The number of benzene rings is 1. The SMILES string of the molecule is CCCCC(C(=O)O)N1C(=O)/C(=C/c2ccc(OCC)c(OC)c2)SC1=S. The zero-order chi connectivity index (χ0) is 20.0. The zero-order valence-corrected chi connectivity index (χ0v) is 17.2. The van der Waals surface area contributed by atoms with Crippen LogP contribution in [-0.2, 0) is 9.59 Å². The van der Waals surface area contributed by atoms with Crippen LogP contribution >= 0.6 is 24.0 Å². The van der Waals surface area contributed by atoms with E-state index in [1.165, 1.54) is 4.90 Å². The predicted octanol–water partition coefficient (Wildman–Crippen LogP) is 3.94. The second-order valence-corrected chi connectivity index (χ2v) is 7.57. The number of carbonyl (C=O) groups excluding carboxylic acids is 1. The molecule has 2 rings (SSSR count). The average Bonchev–Trinajstić information content (AvgIpc) is 2.91. The molecule has 0 radical (unpaired) electrons. The summed E-state index contributed by atoms with van der Waals surface area (Å²) in [5, 5.41) is 9.51. The number of carbonyl (C=O) groups is 2. The minimum atomic E-state index is -1.04. The number of aliphatic carboxylic acids is 1. The zero-order valence-electron chi connectivity index (χ0n) is 15.6. The van der Waals surface area contributed by atoms with Crippen molar-refractivity contribution >= 4 is 46.3 Å². The molecule has 1 heterocycles. The molecule has 1 aliphatic heterocycles. The van der Waals surface area contributed by atoms with Crippen molar-refractivity contribution in [1.82, 2.24) is 4.90 Å². The molecule has 8 heteroatoms. The maximum atomic E-state index is 12.8.